The minimum Gasteiger partial charge on any atom is -0.356 e. The summed E-state index contributed by atoms with van der Waals surface area (Å²) in [5.41, 5.74) is 1.72. The smallest absolute Gasteiger partial charge is 0.228 e. The highest BCUT2D eigenvalue weighted by molar-refractivity contribution is 6.30. The van der Waals surface area contributed by atoms with E-state index in [1.54, 1.807) is 6.20 Å². The molecule has 8 heteroatoms. The molecule has 1 aromatic carbocycles. The largest absolute Gasteiger partial charge is 0.356 e. The molecule has 4 aromatic rings. The number of hydrogen-bond donors (Lipinski definition) is 1. The molecule has 4 rings (SSSR count). The van der Waals surface area contributed by atoms with Crippen LogP contribution in [0.1, 0.15) is 23.8 Å². The van der Waals surface area contributed by atoms with Crippen LogP contribution in [0, 0.1) is 0 Å². The summed E-state index contributed by atoms with van der Waals surface area (Å²) in [6, 6.07) is 17.1. The molecule has 1 unspecified atom stereocenters. The molecule has 0 saturated heterocycles. The van der Waals surface area contributed by atoms with Gasteiger partial charge in [-0.25, -0.2) is 0 Å². The van der Waals surface area contributed by atoms with Gasteiger partial charge in [0.2, 0.25) is 17.6 Å². The predicted octanol–water partition coefficient (Wildman–Crippen LogP) is 4.12. The van der Waals surface area contributed by atoms with Crippen molar-refractivity contribution in [1.82, 2.24) is 25.0 Å². The van der Waals surface area contributed by atoms with Crippen LogP contribution in [0.25, 0.3) is 11.5 Å². The molecule has 0 bridgehead atoms. The van der Waals surface area contributed by atoms with Crippen LogP contribution in [0.15, 0.2) is 77.7 Å². The first-order valence-electron chi connectivity index (χ1n) is 10.0. The van der Waals surface area contributed by atoms with Gasteiger partial charge in [-0.2, -0.15) is 4.98 Å². The van der Waals surface area contributed by atoms with Gasteiger partial charge in [0, 0.05) is 55.5 Å². The van der Waals surface area contributed by atoms with Gasteiger partial charge < -0.3 is 14.4 Å². The molecule has 0 aliphatic rings. The molecule has 31 heavy (non-hydrogen) atoms. The zero-order valence-electron chi connectivity index (χ0n) is 16.8. The number of amides is 1. The van der Waals surface area contributed by atoms with Crippen molar-refractivity contribution in [3.05, 3.63) is 89.7 Å². The van der Waals surface area contributed by atoms with E-state index in [0.29, 0.717) is 48.4 Å². The fourth-order valence-corrected chi connectivity index (χ4v) is 3.46. The predicted molar refractivity (Wildman–Crippen MR) is 117 cm³/mol. The molecule has 0 aliphatic carbocycles. The molecule has 3 heterocycles. The number of carbonyl (C=O) groups excluding carboxylic acids is 1. The van der Waals surface area contributed by atoms with Crippen LogP contribution in [0.4, 0.5) is 0 Å². The Morgan fingerprint density at radius 2 is 1.90 bits per heavy atom. The number of pyridine rings is 1. The lowest BCUT2D eigenvalue weighted by atomic mass is 9.95. The summed E-state index contributed by atoms with van der Waals surface area (Å²) in [6.45, 7) is 1.12. The zero-order chi connectivity index (χ0) is 21.5. The van der Waals surface area contributed by atoms with Gasteiger partial charge in [-0.3, -0.25) is 9.78 Å². The van der Waals surface area contributed by atoms with Crippen LogP contribution >= 0.6 is 11.6 Å². The van der Waals surface area contributed by atoms with E-state index in [-0.39, 0.29) is 11.8 Å². The van der Waals surface area contributed by atoms with E-state index in [4.69, 9.17) is 16.1 Å². The van der Waals surface area contributed by atoms with Gasteiger partial charge in [0.25, 0.3) is 0 Å². The Labute approximate surface area is 185 Å². The molecule has 0 saturated carbocycles. The molecule has 0 aliphatic heterocycles. The highest BCUT2D eigenvalue weighted by Gasteiger charge is 2.17. The first kappa shape index (κ1) is 20.8. The monoisotopic (exact) mass is 435 g/mol. The number of aromatic nitrogens is 4. The highest BCUT2D eigenvalue weighted by atomic mass is 35.5. The number of nitrogens with zero attached hydrogens (tertiary/aromatic N) is 4. The van der Waals surface area contributed by atoms with E-state index in [1.165, 1.54) is 0 Å². The van der Waals surface area contributed by atoms with Crippen molar-refractivity contribution in [3.63, 3.8) is 0 Å². The van der Waals surface area contributed by atoms with Gasteiger partial charge in [0.05, 0.1) is 0 Å². The van der Waals surface area contributed by atoms with Gasteiger partial charge in [-0.15, -0.1) is 0 Å². The SMILES string of the molecule is O=C(CC(Cn1cccc1)c1ccc(Cl)cc1)NCCc1nc(-c2ccccn2)no1. The Kier molecular flexibility index (Phi) is 6.74. The van der Waals surface area contributed by atoms with Crippen LogP contribution in [-0.2, 0) is 17.8 Å². The van der Waals surface area contributed by atoms with E-state index in [1.807, 2.05) is 67.0 Å². The standard InChI is InChI=1S/C23H22ClN5O2/c24-19-8-6-17(7-9-19)18(16-29-13-3-4-14-29)15-21(30)26-12-10-22-27-23(28-31-22)20-5-1-2-11-25-20/h1-9,11,13-14,18H,10,12,15-16H2,(H,26,30). The zero-order valence-corrected chi connectivity index (χ0v) is 17.6. The Balaban J connectivity index is 1.32. The van der Waals surface area contributed by atoms with Crippen LogP contribution in [-0.4, -0.2) is 32.1 Å². The van der Waals surface area contributed by atoms with Crippen LogP contribution < -0.4 is 5.32 Å². The molecule has 0 radical (unpaired) electrons. The molecule has 158 valence electrons. The second-order valence-electron chi connectivity index (χ2n) is 7.16. The molecular formula is C23H22ClN5O2. The summed E-state index contributed by atoms with van der Waals surface area (Å²) in [5, 5.41) is 7.58. The van der Waals surface area contributed by atoms with Crippen LogP contribution in [0.2, 0.25) is 5.02 Å². The molecule has 1 amide bonds. The maximum atomic E-state index is 12.6. The third-order valence-corrected chi connectivity index (χ3v) is 5.15. The summed E-state index contributed by atoms with van der Waals surface area (Å²) in [4.78, 5) is 21.2. The molecule has 1 N–H and O–H groups in total. The average Bonchev–Trinajstić information content (AvgIpc) is 3.47. The molecule has 7 nitrogen and oxygen atoms in total. The Morgan fingerprint density at radius 3 is 2.65 bits per heavy atom. The van der Waals surface area contributed by atoms with Crippen molar-refractivity contribution >= 4 is 17.5 Å². The van der Waals surface area contributed by atoms with E-state index in [2.05, 4.69) is 25.0 Å². The Morgan fingerprint density at radius 1 is 1.10 bits per heavy atom. The van der Waals surface area contributed by atoms with E-state index >= 15 is 0 Å². The van der Waals surface area contributed by atoms with Gasteiger partial charge in [0.1, 0.15) is 5.69 Å². The topological polar surface area (TPSA) is 85.8 Å². The third-order valence-electron chi connectivity index (χ3n) is 4.89. The summed E-state index contributed by atoms with van der Waals surface area (Å²) in [5.74, 6) is 0.902. The van der Waals surface area contributed by atoms with Crippen molar-refractivity contribution < 1.29 is 9.32 Å². The lowest BCUT2D eigenvalue weighted by molar-refractivity contribution is -0.121. The minimum absolute atomic E-state index is 0.0310. The first-order chi connectivity index (χ1) is 15.2. The maximum Gasteiger partial charge on any atom is 0.228 e. The molecule has 0 fully saturated rings. The second-order valence-corrected chi connectivity index (χ2v) is 7.60. The normalized spacial score (nSPS) is 11.9. The Hall–Kier alpha value is -3.45. The number of hydrogen-bond acceptors (Lipinski definition) is 5. The van der Waals surface area contributed by atoms with Gasteiger partial charge in [0.15, 0.2) is 0 Å². The van der Waals surface area contributed by atoms with Crippen LogP contribution in [0.3, 0.4) is 0 Å². The van der Waals surface area contributed by atoms with Gasteiger partial charge in [-0.05, 0) is 42.0 Å². The van der Waals surface area contributed by atoms with Gasteiger partial charge >= 0.3 is 0 Å². The average molecular weight is 436 g/mol. The van der Waals surface area contributed by atoms with Crippen molar-refractivity contribution in [1.29, 1.82) is 0 Å². The summed E-state index contributed by atoms with van der Waals surface area (Å²) in [6.07, 6.45) is 6.49. The van der Waals surface area contributed by atoms with Crippen molar-refractivity contribution in [2.75, 3.05) is 6.54 Å². The number of rotatable bonds is 9. The highest BCUT2D eigenvalue weighted by Crippen LogP contribution is 2.24. The van der Waals surface area contributed by atoms with Gasteiger partial charge in [-0.1, -0.05) is 35.0 Å². The number of nitrogens with one attached hydrogen (secondary N) is 1. The number of halogens is 1. The fraction of sp³-hybridized carbons (Fsp3) is 0.217. The molecule has 1 atom stereocenters. The van der Waals surface area contributed by atoms with Crippen molar-refractivity contribution in [2.45, 2.75) is 25.3 Å². The van der Waals surface area contributed by atoms with Crippen LogP contribution in [0.5, 0.6) is 0 Å². The van der Waals surface area contributed by atoms with E-state index in [0.717, 1.165) is 5.56 Å². The number of carbonyl (C=O) groups is 1. The molecular weight excluding hydrogens is 414 g/mol. The summed E-state index contributed by atoms with van der Waals surface area (Å²) < 4.78 is 7.34. The molecule has 0 spiro atoms. The third kappa shape index (κ3) is 5.79. The van der Waals surface area contributed by atoms with Crippen molar-refractivity contribution in [3.8, 4) is 11.5 Å². The summed E-state index contributed by atoms with van der Waals surface area (Å²) >= 11 is 6.02. The first-order valence-corrected chi connectivity index (χ1v) is 10.4. The molecule has 3 aromatic heterocycles. The second kappa shape index (κ2) is 10.0. The van der Waals surface area contributed by atoms with E-state index < -0.39 is 0 Å². The number of benzene rings is 1. The maximum absolute atomic E-state index is 12.6. The lowest BCUT2D eigenvalue weighted by Crippen LogP contribution is -2.28. The quantitative estimate of drug-likeness (QED) is 0.427. The summed E-state index contributed by atoms with van der Waals surface area (Å²) in [7, 11) is 0. The Bertz CT molecular complexity index is 1090. The lowest BCUT2D eigenvalue weighted by Gasteiger charge is -2.18. The van der Waals surface area contributed by atoms with E-state index in [9.17, 15) is 4.79 Å². The van der Waals surface area contributed by atoms with Crippen molar-refractivity contribution in [2.24, 2.45) is 0 Å². The minimum atomic E-state index is -0.0310. The fourth-order valence-electron chi connectivity index (χ4n) is 3.33.